The van der Waals surface area contributed by atoms with Crippen LogP contribution in [0.5, 0.6) is 0 Å². The molecule has 1 aliphatic heterocycles. The van der Waals surface area contributed by atoms with Crippen molar-refractivity contribution in [3.63, 3.8) is 0 Å². The van der Waals surface area contributed by atoms with E-state index in [1.54, 1.807) is 0 Å². The summed E-state index contributed by atoms with van der Waals surface area (Å²) in [6.45, 7) is 3.28. The Hall–Kier alpha value is -1.41. The number of likely N-dealkylation sites (tertiary alicyclic amines) is 1. The second-order valence-electron chi connectivity index (χ2n) is 5.78. The summed E-state index contributed by atoms with van der Waals surface area (Å²) < 4.78 is 13.4. The van der Waals surface area contributed by atoms with Crippen molar-refractivity contribution in [2.24, 2.45) is 5.73 Å². The lowest BCUT2D eigenvalue weighted by atomic mass is 10.1. The fourth-order valence-electron chi connectivity index (χ4n) is 2.87. The molecule has 2 N–H and O–H groups in total. The summed E-state index contributed by atoms with van der Waals surface area (Å²) in [5.74, 6) is 5.53. The van der Waals surface area contributed by atoms with Gasteiger partial charge in [-0.2, -0.15) is 0 Å². The molecule has 21 heavy (non-hydrogen) atoms. The van der Waals surface area contributed by atoms with E-state index in [0.717, 1.165) is 24.2 Å². The van der Waals surface area contributed by atoms with Gasteiger partial charge in [-0.3, -0.25) is 0 Å². The number of nitrogens with two attached hydrogens (primary N) is 1. The smallest absolute Gasteiger partial charge is 0.124 e. The molecule has 0 amide bonds. The molecule has 1 saturated heterocycles. The molecule has 1 fully saturated rings. The average molecular weight is 289 g/mol. The lowest BCUT2D eigenvalue weighted by Crippen LogP contribution is -2.36. The Morgan fingerprint density at radius 1 is 1.48 bits per heavy atom. The molecule has 1 atom stereocenters. The highest BCUT2D eigenvalue weighted by Gasteiger charge is 2.22. The van der Waals surface area contributed by atoms with E-state index < -0.39 is 0 Å². The van der Waals surface area contributed by atoms with Crippen LogP contribution in [0.25, 0.3) is 0 Å². The molecule has 0 radical (unpaired) electrons. The summed E-state index contributed by atoms with van der Waals surface area (Å²) in [6, 6.07) is 5.44. The fraction of sp³-hybridized carbons (Fsp3) is 0.529. The molecular weight excluding hydrogens is 265 g/mol. The SMILES string of the molecule is CN(Cc1ccc(F)cc1C#CCN)CC1CCCN1C. The number of hydrogen-bond acceptors (Lipinski definition) is 3. The van der Waals surface area contributed by atoms with E-state index in [2.05, 4.69) is 35.7 Å². The van der Waals surface area contributed by atoms with Crippen LogP contribution in [-0.2, 0) is 6.54 Å². The molecule has 0 saturated carbocycles. The van der Waals surface area contributed by atoms with Crippen LogP contribution in [0.4, 0.5) is 4.39 Å². The molecule has 1 aromatic carbocycles. The van der Waals surface area contributed by atoms with E-state index in [4.69, 9.17) is 5.73 Å². The predicted molar refractivity (Wildman–Crippen MR) is 84.3 cm³/mol. The molecule has 1 aromatic rings. The third-order valence-corrected chi connectivity index (χ3v) is 4.03. The Labute approximate surface area is 126 Å². The van der Waals surface area contributed by atoms with Crippen LogP contribution < -0.4 is 5.73 Å². The normalized spacial score (nSPS) is 18.8. The number of likely N-dealkylation sites (N-methyl/N-ethyl adjacent to an activating group) is 2. The summed E-state index contributed by atoms with van der Waals surface area (Å²) in [7, 11) is 4.29. The largest absolute Gasteiger partial charge is 0.320 e. The van der Waals surface area contributed by atoms with Crippen LogP contribution in [0.1, 0.15) is 24.0 Å². The summed E-state index contributed by atoms with van der Waals surface area (Å²) in [5.41, 5.74) is 7.21. The number of halogens is 1. The maximum absolute atomic E-state index is 13.4. The summed E-state index contributed by atoms with van der Waals surface area (Å²) in [6.07, 6.45) is 2.53. The van der Waals surface area contributed by atoms with Gasteiger partial charge < -0.3 is 15.5 Å². The van der Waals surface area contributed by atoms with Crippen molar-refractivity contribution in [1.29, 1.82) is 0 Å². The average Bonchev–Trinajstić information content (AvgIpc) is 2.84. The molecule has 0 bridgehead atoms. The fourth-order valence-corrected chi connectivity index (χ4v) is 2.87. The zero-order valence-electron chi connectivity index (χ0n) is 12.9. The van der Waals surface area contributed by atoms with Crippen molar-refractivity contribution < 1.29 is 4.39 Å². The van der Waals surface area contributed by atoms with Crippen LogP contribution >= 0.6 is 0 Å². The first kappa shape index (κ1) is 16.0. The van der Waals surface area contributed by atoms with Crippen molar-refractivity contribution in [2.45, 2.75) is 25.4 Å². The molecule has 1 unspecified atom stereocenters. The van der Waals surface area contributed by atoms with Gasteiger partial charge in [-0.1, -0.05) is 17.9 Å². The summed E-state index contributed by atoms with van der Waals surface area (Å²) in [5, 5.41) is 0. The van der Waals surface area contributed by atoms with E-state index in [0.29, 0.717) is 12.6 Å². The van der Waals surface area contributed by atoms with Gasteiger partial charge >= 0.3 is 0 Å². The molecule has 3 nitrogen and oxygen atoms in total. The second-order valence-corrected chi connectivity index (χ2v) is 5.78. The maximum atomic E-state index is 13.4. The van der Waals surface area contributed by atoms with Gasteiger partial charge in [-0.05, 0) is 51.2 Å². The van der Waals surface area contributed by atoms with E-state index in [9.17, 15) is 4.39 Å². The van der Waals surface area contributed by atoms with Gasteiger partial charge in [-0.15, -0.1) is 0 Å². The Bertz CT molecular complexity index is 533. The number of nitrogens with zero attached hydrogens (tertiary/aromatic N) is 2. The Morgan fingerprint density at radius 2 is 2.29 bits per heavy atom. The van der Waals surface area contributed by atoms with Crippen LogP contribution in [0.3, 0.4) is 0 Å². The minimum absolute atomic E-state index is 0.252. The Kier molecular flexibility index (Phi) is 5.75. The highest BCUT2D eigenvalue weighted by atomic mass is 19.1. The van der Waals surface area contributed by atoms with E-state index in [1.807, 2.05) is 6.07 Å². The maximum Gasteiger partial charge on any atom is 0.124 e. The summed E-state index contributed by atoms with van der Waals surface area (Å²) >= 11 is 0. The minimum Gasteiger partial charge on any atom is -0.320 e. The molecule has 1 heterocycles. The molecule has 0 spiro atoms. The Morgan fingerprint density at radius 3 is 2.95 bits per heavy atom. The molecule has 0 aliphatic carbocycles. The van der Waals surface area contributed by atoms with E-state index in [-0.39, 0.29) is 5.82 Å². The highest BCUT2D eigenvalue weighted by molar-refractivity contribution is 5.41. The van der Waals surface area contributed by atoms with Crippen molar-refractivity contribution in [3.05, 3.63) is 35.1 Å². The first-order valence-electron chi connectivity index (χ1n) is 7.46. The quantitative estimate of drug-likeness (QED) is 0.856. The minimum atomic E-state index is -0.252. The number of rotatable bonds is 4. The molecule has 4 heteroatoms. The van der Waals surface area contributed by atoms with Gasteiger partial charge in [0.2, 0.25) is 0 Å². The van der Waals surface area contributed by atoms with Crippen LogP contribution in [-0.4, -0.2) is 49.6 Å². The van der Waals surface area contributed by atoms with Gasteiger partial charge in [0.25, 0.3) is 0 Å². The monoisotopic (exact) mass is 289 g/mol. The van der Waals surface area contributed by atoms with Crippen molar-refractivity contribution >= 4 is 0 Å². The van der Waals surface area contributed by atoms with E-state index in [1.165, 1.54) is 31.5 Å². The highest BCUT2D eigenvalue weighted by Crippen LogP contribution is 2.17. The molecule has 2 rings (SSSR count). The van der Waals surface area contributed by atoms with Crippen LogP contribution in [0.15, 0.2) is 18.2 Å². The molecule has 0 aromatic heterocycles. The van der Waals surface area contributed by atoms with Gasteiger partial charge in [0.1, 0.15) is 5.82 Å². The first-order valence-corrected chi connectivity index (χ1v) is 7.46. The van der Waals surface area contributed by atoms with Gasteiger partial charge in [0, 0.05) is 24.7 Å². The zero-order valence-corrected chi connectivity index (χ0v) is 12.9. The predicted octanol–water partition coefficient (Wildman–Crippen LogP) is 1.66. The molecule has 1 aliphatic rings. The first-order chi connectivity index (χ1) is 10.1. The van der Waals surface area contributed by atoms with Gasteiger partial charge in [-0.25, -0.2) is 4.39 Å². The third-order valence-electron chi connectivity index (χ3n) is 4.03. The summed E-state index contributed by atoms with van der Waals surface area (Å²) in [4.78, 5) is 4.70. The molecular formula is C17H24FN3. The van der Waals surface area contributed by atoms with Crippen molar-refractivity contribution in [1.82, 2.24) is 9.80 Å². The lowest BCUT2D eigenvalue weighted by Gasteiger charge is -2.26. The Balaban J connectivity index is 2.04. The third kappa shape index (κ3) is 4.53. The topological polar surface area (TPSA) is 32.5 Å². The van der Waals surface area contributed by atoms with Crippen molar-refractivity contribution in [2.75, 3.05) is 33.7 Å². The van der Waals surface area contributed by atoms with Crippen LogP contribution in [0, 0.1) is 17.7 Å². The second kappa shape index (κ2) is 7.56. The zero-order chi connectivity index (χ0) is 15.2. The van der Waals surface area contributed by atoms with Gasteiger partial charge in [0.05, 0.1) is 6.54 Å². The standard InChI is InChI=1S/C17H24FN3/c1-20(13-17-6-4-10-21(17)2)12-15-7-8-16(18)11-14(15)5-3-9-19/h7-8,11,17H,4,6,9-10,12-13,19H2,1-2H3. The van der Waals surface area contributed by atoms with Crippen LogP contribution in [0.2, 0.25) is 0 Å². The number of hydrogen-bond donors (Lipinski definition) is 1. The number of benzene rings is 1. The van der Waals surface area contributed by atoms with E-state index >= 15 is 0 Å². The molecule has 114 valence electrons. The lowest BCUT2D eigenvalue weighted by molar-refractivity contribution is 0.215. The van der Waals surface area contributed by atoms with Crippen molar-refractivity contribution in [3.8, 4) is 11.8 Å². The van der Waals surface area contributed by atoms with Gasteiger partial charge in [0.15, 0.2) is 0 Å².